The van der Waals surface area contributed by atoms with Crippen LogP contribution < -0.4 is 5.32 Å². The zero-order valence-electron chi connectivity index (χ0n) is 12.8. The molecule has 21 heavy (non-hydrogen) atoms. The lowest BCUT2D eigenvalue weighted by atomic mass is 10.1. The van der Waals surface area contributed by atoms with Gasteiger partial charge in [-0.1, -0.05) is 5.92 Å². The highest BCUT2D eigenvalue weighted by molar-refractivity contribution is 5.81. The maximum atomic E-state index is 12.0. The van der Waals surface area contributed by atoms with Crippen LogP contribution in [-0.2, 0) is 19.1 Å². The van der Waals surface area contributed by atoms with Gasteiger partial charge in [0.05, 0.1) is 32.2 Å². The van der Waals surface area contributed by atoms with Crippen LogP contribution in [0, 0.1) is 12.3 Å². The van der Waals surface area contributed by atoms with Crippen LogP contribution in [-0.4, -0.2) is 62.3 Å². The third-order valence-corrected chi connectivity index (χ3v) is 3.58. The molecule has 0 aromatic rings. The van der Waals surface area contributed by atoms with Crippen molar-refractivity contribution in [1.29, 1.82) is 0 Å². The molecular formula is C15H24N2O4. The number of hydrogen-bond acceptors (Lipinski definition) is 5. The minimum atomic E-state index is -0.368. The van der Waals surface area contributed by atoms with E-state index in [2.05, 4.69) is 16.0 Å². The number of esters is 1. The fourth-order valence-electron chi connectivity index (χ4n) is 2.28. The van der Waals surface area contributed by atoms with Gasteiger partial charge in [0.2, 0.25) is 5.91 Å². The Labute approximate surface area is 126 Å². The van der Waals surface area contributed by atoms with E-state index in [9.17, 15) is 9.59 Å². The third-order valence-electron chi connectivity index (χ3n) is 3.58. The number of nitrogens with one attached hydrogen (secondary N) is 1. The molecule has 6 heteroatoms. The zero-order valence-corrected chi connectivity index (χ0v) is 12.8. The van der Waals surface area contributed by atoms with Gasteiger partial charge in [-0.3, -0.25) is 14.5 Å². The van der Waals surface area contributed by atoms with E-state index < -0.39 is 0 Å². The van der Waals surface area contributed by atoms with Gasteiger partial charge in [0, 0.05) is 19.7 Å². The summed E-state index contributed by atoms with van der Waals surface area (Å²) in [4.78, 5) is 25.3. The zero-order chi connectivity index (χ0) is 15.7. The lowest BCUT2D eigenvalue weighted by molar-refractivity contribution is -0.141. The SMILES string of the molecule is C#CCNC(=O)C(C)N(CCC(=O)OC)CC1CCCO1. The smallest absolute Gasteiger partial charge is 0.306 e. The summed E-state index contributed by atoms with van der Waals surface area (Å²) in [5, 5.41) is 2.67. The predicted molar refractivity (Wildman–Crippen MR) is 78.5 cm³/mol. The summed E-state index contributed by atoms with van der Waals surface area (Å²) in [7, 11) is 1.36. The van der Waals surface area contributed by atoms with Gasteiger partial charge in [-0.2, -0.15) is 0 Å². The van der Waals surface area contributed by atoms with Gasteiger partial charge in [-0.25, -0.2) is 0 Å². The molecule has 1 heterocycles. The molecule has 1 aliphatic heterocycles. The van der Waals surface area contributed by atoms with Gasteiger partial charge in [0.15, 0.2) is 0 Å². The average molecular weight is 296 g/mol. The van der Waals surface area contributed by atoms with Crippen molar-refractivity contribution in [3.05, 3.63) is 0 Å². The molecule has 1 rings (SSSR count). The van der Waals surface area contributed by atoms with Crippen molar-refractivity contribution in [2.24, 2.45) is 0 Å². The lowest BCUT2D eigenvalue weighted by Gasteiger charge is -2.29. The first-order valence-corrected chi connectivity index (χ1v) is 7.22. The molecule has 0 aliphatic carbocycles. The molecule has 0 aromatic carbocycles. The normalized spacial score (nSPS) is 19.0. The Morgan fingerprint density at radius 2 is 2.33 bits per heavy atom. The minimum Gasteiger partial charge on any atom is -0.469 e. The van der Waals surface area contributed by atoms with Crippen LogP contribution in [0.25, 0.3) is 0 Å². The molecule has 1 saturated heterocycles. The number of ether oxygens (including phenoxy) is 2. The summed E-state index contributed by atoms with van der Waals surface area (Å²) in [6, 6.07) is -0.368. The first-order valence-electron chi connectivity index (χ1n) is 7.22. The van der Waals surface area contributed by atoms with Gasteiger partial charge in [-0.05, 0) is 19.8 Å². The van der Waals surface area contributed by atoms with Gasteiger partial charge in [0.1, 0.15) is 0 Å². The molecule has 0 spiro atoms. The number of rotatable bonds is 8. The maximum Gasteiger partial charge on any atom is 0.306 e. The highest BCUT2D eigenvalue weighted by atomic mass is 16.5. The Morgan fingerprint density at radius 1 is 1.57 bits per heavy atom. The standard InChI is InChI=1S/C15H24N2O4/c1-4-8-16-15(19)12(2)17(9-7-14(18)20-3)11-13-6-5-10-21-13/h1,12-13H,5-11H2,2-3H3,(H,16,19). The number of carbonyl (C=O) groups is 2. The molecule has 2 unspecified atom stereocenters. The maximum absolute atomic E-state index is 12.0. The van der Waals surface area contributed by atoms with E-state index in [0.29, 0.717) is 13.1 Å². The van der Waals surface area contributed by atoms with Gasteiger partial charge in [-0.15, -0.1) is 6.42 Å². The quantitative estimate of drug-likeness (QED) is 0.511. The van der Waals surface area contributed by atoms with E-state index >= 15 is 0 Å². The molecule has 2 atom stereocenters. The summed E-state index contributed by atoms with van der Waals surface area (Å²) in [6.07, 6.45) is 7.52. The second-order valence-corrected chi connectivity index (χ2v) is 5.05. The Kier molecular flexibility index (Phi) is 7.80. The van der Waals surface area contributed by atoms with Gasteiger partial charge >= 0.3 is 5.97 Å². The van der Waals surface area contributed by atoms with E-state index in [1.807, 2.05) is 4.90 Å². The highest BCUT2D eigenvalue weighted by Gasteiger charge is 2.26. The van der Waals surface area contributed by atoms with Crippen molar-refractivity contribution in [3.8, 4) is 12.3 Å². The number of hydrogen-bond donors (Lipinski definition) is 1. The number of amides is 1. The fourth-order valence-corrected chi connectivity index (χ4v) is 2.28. The molecule has 1 N–H and O–H groups in total. The molecule has 1 amide bonds. The van der Waals surface area contributed by atoms with E-state index in [4.69, 9.17) is 11.2 Å². The number of carbonyl (C=O) groups excluding carboxylic acids is 2. The molecule has 0 radical (unpaired) electrons. The number of methoxy groups -OCH3 is 1. The second-order valence-electron chi connectivity index (χ2n) is 5.05. The summed E-state index contributed by atoms with van der Waals surface area (Å²) in [6.45, 7) is 3.85. The Balaban J connectivity index is 2.57. The topological polar surface area (TPSA) is 67.9 Å². The molecule has 1 aliphatic rings. The van der Waals surface area contributed by atoms with Crippen LogP contribution in [0.2, 0.25) is 0 Å². The van der Waals surface area contributed by atoms with Crippen molar-refractivity contribution >= 4 is 11.9 Å². The van der Waals surface area contributed by atoms with Crippen LogP contribution in [0.5, 0.6) is 0 Å². The van der Waals surface area contributed by atoms with E-state index in [1.165, 1.54) is 7.11 Å². The average Bonchev–Trinajstić information content (AvgIpc) is 3.00. The molecule has 0 bridgehead atoms. The highest BCUT2D eigenvalue weighted by Crippen LogP contribution is 2.15. The molecule has 1 fully saturated rings. The van der Waals surface area contributed by atoms with Crippen LogP contribution >= 0.6 is 0 Å². The van der Waals surface area contributed by atoms with Crippen LogP contribution in [0.1, 0.15) is 26.2 Å². The van der Waals surface area contributed by atoms with Crippen molar-refractivity contribution in [3.63, 3.8) is 0 Å². The molecule has 118 valence electrons. The molecular weight excluding hydrogens is 272 g/mol. The van der Waals surface area contributed by atoms with Crippen molar-refractivity contribution < 1.29 is 19.1 Å². The third kappa shape index (κ3) is 6.15. The van der Waals surface area contributed by atoms with E-state index in [1.54, 1.807) is 6.92 Å². The van der Waals surface area contributed by atoms with E-state index in [0.717, 1.165) is 19.4 Å². The van der Waals surface area contributed by atoms with Crippen LogP contribution in [0.15, 0.2) is 0 Å². The van der Waals surface area contributed by atoms with Crippen LogP contribution in [0.4, 0.5) is 0 Å². The van der Waals surface area contributed by atoms with Crippen molar-refractivity contribution in [2.45, 2.75) is 38.3 Å². The number of terminal acetylenes is 1. The first-order chi connectivity index (χ1) is 10.1. The minimum absolute atomic E-state index is 0.116. The second kappa shape index (κ2) is 9.37. The Bertz CT molecular complexity index is 386. The van der Waals surface area contributed by atoms with E-state index in [-0.39, 0.29) is 37.0 Å². The summed E-state index contributed by atoms with van der Waals surface area (Å²) < 4.78 is 10.3. The summed E-state index contributed by atoms with van der Waals surface area (Å²) in [5.74, 6) is 1.94. The van der Waals surface area contributed by atoms with Crippen molar-refractivity contribution in [2.75, 3.05) is 33.4 Å². The summed E-state index contributed by atoms with van der Waals surface area (Å²) >= 11 is 0. The molecule has 0 saturated carbocycles. The monoisotopic (exact) mass is 296 g/mol. The molecule has 0 aromatic heterocycles. The fraction of sp³-hybridized carbons (Fsp3) is 0.733. The first kappa shape index (κ1) is 17.5. The Morgan fingerprint density at radius 3 is 2.90 bits per heavy atom. The largest absolute Gasteiger partial charge is 0.469 e. The van der Waals surface area contributed by atoms with Gasteiger partial charge in [0.25, 0.3) is 0 Å². The van der Waals surface area contributed by atoms with Crippen LogP contribution in [0.3, 0.4) is 0 Å². The lowest BCUT2D eigenvalue weighted by Crippen LogP contribution is -2.48. The van der Waals surface area contributed by atoms with Gasteiger partial charge < -0.3 is 14.8 Å². The Hall–Kier alpha value is -1.58. The number of nitrogens with zero attached hydrogens (tertiary/aromatic N) is 1. The summed E-state index contributed by atoms with van der Waals surface area (Å²) in [5.41, 5.74) is 0. The predicted octanol–water partition coefficient (Wildman–Crippen LogP) is 0.168. The molecule has 6 nitrogen and oxygen atoms in total. The van der Waals surface area contributed by atoms with Crippen molar-refractivity contribution in [1.82, 2.24) is 10.2 Å².